The van der Waals surface area contributed by atoms with Gasteiger partial charge in [0.2, 0.25) is 0 Å². The van der Waals surface area contributed by atoms with Crippen LogP contribution in [0.2, 0.25) is 0 Å². The van der Waals surface area contributed by atoms with Crippen molar-refractivity contribution in [3.63, 3.8) is 0 Å². The molecular formula is C23H30O5. The van der Waals surface area contributed by atoms with E-state index in [1.165, 1.54) is 0 Å². The van der Waals surface area contributed by atoms with E-state index in [4.69, 9.17) is 4.74 Å². The number of phenolic OH excluding ortho intramolecular Hbond substituents is 2. The van der Waals surface area contributed by atoms with Gasteiger partial charge in [-0.3, -0.25) is 9.59 Å². The number of ether oxygens (including phenoxy) is 1. The van der Waals surface area contributed by atoms with Gasteiger partial charge in [0.15, 0.2) is 12.6 Å². The maximum absolute atomic E-state index is 11.8. The fourth-order valence-corrected chi connectivity index (χ4v) is 4.86. The van der Waals surface area contributed by atoms with Crippen molar-refractivity contribution in [1.82, 2.24) is 0 Å². The summed E-state index contributed by atoms with van der Waals surface area (Å²) in [6.45, 7) is 10.6. The van der Waals surface area contributed by atoms with Crippen LogP contribution in [0.25, 0.3) is 0 Å². The Labute approximate surface area is 166 Å². The number of benzene rings is 1. The van der Waals surface area contributed by atoms with Gasteiger partial charge in [-0.25, -0.2) is 0 Å². The molecule has 0 saturated carbocycles. The molecule has 0 saturated heterocycles. The van der Waals surface area contributed by atoms with E-state index >= 15 is 0 Å². The zero-order valence-corrected chi connectivity index (χ0v) is 17.2. The van der Waals surface area contributed by atoms with Crippen molar-refractivity contribution in [2.75, 3.05) is 0 Å². The highest BCUT2D eigenvalue weighted by Crippen LogP contribution is 2.58. The highest BCUT2D eigenvalue weighted by Gasteiger charge is 2.50. The second-order valence-corrected chi connectivity index (χ2v) is 9.13. The molecule has 28 heavy (non-hydrogen) atoms. The van der Waals surface area contributed by atoms with Gasteiger partial charge in [0.1, 0.15) is 22.8 Å². The molecule has 3 rings (SSSR count). The van der Waals surface area contributed by atoms with Crippen molar-refractivity contribution in [3.8, 4) is 17.2 Å². The molecule has 1 heterocycles. The largest absolute Gasteiger partial charge is 0.507 e. The number of carbonyl (C=O) groups excluding carboxylic acids is 2. The number of phenols is 2. The number of aldehydes is 2. The van der Waals surface area contributed by atoms with Crippen molar-refractivity contribution >= 4 is 12.6 Å². The van der Waals surface area contributed by atoms with Crippen molar-refractivity contribution in [2.45, 2.75) is 59.0 Å². The molecule has 0 amide bonds. The maximum Gasteiger partial charge on any atom is 0.157 e. The summed E-state index contributed by atoms with van der Waals surface area (Å²) in [5.74, 6) is 0.638. The fourth-order valence-electron chi connectivity index (χ4n) is 4.86. The van der Waals surface area contributed by atoms with Crippen LogP contribution in [-0.4, -0.2) is 28.4 Å². The van der Waals surface area contributed by atoms with Gasteiger partial charge < -0.3 is 14.9 Å². The second-order valence-electron chi connectivity index (χ2n) is 9.13. The first-order valence-corrected chi connectivity index (χ1v) is 10.0. The Hall–Kier alpha value is -2.30. The number of fused-ring (bicyclic) bond motifs is 2. The average Bonchev–Trinajstić information content (AvgIpc) is 2.60. The fraction of sp³-hybridized carbons (Fsp3) is 0.565. The third-order valence-electron chi connectivity index (χ3n) is 6.44. The molecule has 2 N–H and O–H groups in total. The maximum atomic E-state index is 11.8. The molecule has 0 spiro atoms. The molecule has 1 aliphatic carbocycles. The van der Waals surface area contributed by atoms with E-state index in [0.717, 1.165) is 12.8 Å². The third-order valence-corrected chi connectivity index (χ3v) is 6.44. The molecule has 152 valence electrons. The number of hydrogen-bond acceptors (Lipinski definition) is 5. The molecule has 5 nitrogen and oxygen atoms in total. The Kier molecular flexibility index (Phi) is 5.30. The summed E-state index contributed by atoms with van der Waals surface area (Å²) in [5.41, 5.74) is -0.468. The number of allylic oxidation sites excluding steroid dienone is 1. The Balaban J connectivity index is 2.28. The first-order chi connectivity index (χ1) is 13.1. The smallest absolute Gasteiger partial charge is 0.157 e. The normalized spacial score (nSPS) is 28.6. The van der Waals surface area contributed by atoms with E-state index in [0.29, 0.717) is 35.9 Å². The highest BCUT2D eigenvalue weighted by atomic mass is 16.5. The van der Waals surface area contributed by atoms with E-state index < -0.39 is 11.4 Å². The van der Waals surface area contributed by atoms with Crippen LogP contribution in [0.4, 0.5) is 0 Å². The molecule has 2 aliphatic rings. The number of rotatable bonds is 5. The molecule has 0 fully saturated rings. The lowest BCUT2D eigenvalue weighted by Gasteiger charge is -2.50. The van der Waals surface area contributed by atoms with Crippen LogP contribution in [0.15, 0.2) is 12.2 Å². The van der Waals surface area contributed by atoms with Crippen LogP contribution >= 0.6 is 0 Å². The molecule has 1 aliphatic heterocycles. The van der Waals surface area contributed by atoms with Gasteiger partial charge in [-0.2, -0.15) is 0 Å². The van der Waals surface area contributed by atoms with Crippen LogP contribution in [0.1, 0.15) is 79.7 Å². The lowest BCUT2D eigenvalue weighted by molar-refractivity contribution is 0.00795. The van der Waals surface area contributed by atoms with Crippen molar-refractivity contribution in [3.05, 3.63) is 28.8 Å². The van der Waals surface area contributed by atoms with E-state index in [2.05, 4.69) is 39.8 Å². The van der Waals surface area contributed by atoms with Crippen molar-refractivity contribution in [2.24, 2.45) is 23.7 Å². The van der Waals surface area contributed by atoms with E-state index in [-0.39, 0.29) is 34.5 Å². The minimum Gasteiger partial charge on any atom is -0.507 e. The van der Waals surface area contributed by atoms with Crippen molar-refractivity contribution < 1.29 is 24.5 Å². The molecule has 1 unspecified atom stereocenters. The summed E-state index contributed by atoms with van der Waals surface area (Å²) in [7, 11) is 0. The van der Waals surface area contributed by atoms with Crippen LogP contribution in [-0.2, 0) is 0 Å². The molecule has 5 heteroatoms. The number of aromatic hydroxyl groups is 2. The third kappa shape index (κ3) is 3.11. The van der Waals surface area contributed by atoms with E-state index in [1.807, 2.05) is 6.92 Å². The zero-order chi connectivity index (χ0) is 20.8. The number of hydrogen-bond donors (Lipinski definition) is 2. The first-order valence-electron chi connectivity index (χ1n) is 10.0. The second kappa shape index (κ2) is 7.26. The minimum absolute atomic E-state index is 0.0669. The van der Waals surface area contributed by atoms with Crippen molar-refractivity contribution in [1.29, 1.82) is 0 Å². The molecule has 0 bridgehead atoms. The Bertz CT molecular complexity index is 823. The molecular weight excluding hydrogens is 356 g/mol. The van der Waals surface area contributed by atoms with Crippen LogP contribution in [0.3, 0.4) is 0 Å². The quantitative estimate of drug-likeness (QED) is 0.558. The molecule has 4 atom stereocenters. The zero-order valence-electron chi connectivity index (χ0n) is 17.2. The topological polar surface area (TPSA) is 83.8 Å². The van der Waals surface area contributed by atoms with Gasteiger partial charge in [-0.05, 0) is 49.5 Å². The first kappa shape index (κ1) is 20.4. The minimum atomic E-state index is -0.642. The lowest BCUT2D eigenvalue weighted by atomic mass is 9.63. The predicted molar refractivity (Wildman–Crippen MR) is 107 cm³/mol. The molecule has 0 radical (unpaired) electrons. The SMILES string of the molecule is CC(C)C[C@H]1c2c(O)c(C=O)c(O)c(C=O)c2O[C@]2(C)C=CC(C(C)C)C[C@H]12. The summed E-state index contributed by atoms with van der Waals surface area (Å²) in [6, 6.07) is 0. The van der Waals surface area contributed by atoms with Gasteiger partial charge in [0.05, 0.1) is 11.1 Å². The summed E-state index contributed by atoms with van der Waals surface area (Å²) >= 11 is 0. The highest BCUT2D eigenvalue weighted by molar-refractivity contribution is 5.95. The molecule has 1 aromatic carbocycles. The molecule has 1 aromatic rings. The Morgan fingerprint density at radius 2 is 1.79 bits per heavy atom. The van der Waals surface area contributed by atoms with Crippen LogP contribution < -0.4 is 4.74 Å². The number of carbonyl (C=O) groups is 2. The van der Waals surface area contributed by atoms with Gasteiger partial charge in [0.25, 0.3) is 0 Å². The van der Waals surface area contributed by atoms with Gasteiger partial charge in [-0.1, -0.05) is 33.8 Å². The van der Waals surface area contributed by atoms with E-state index in [1.54, 1.807) is 0 Å². The summed E-state index contributed by atoms with van der Waals surface area (Å²) in [5, 5.41) is 21.2. The van der Waals surface area contributed by atoms with Crippen LogP contribution in [0.5, 0.6) is 17.2 Å². The summed E-state index contributed by atoms with van der Waals surface area (Å²) < 4.78 is 6.29. The standard InChI is InChI=1S/C23H30O5/c1-12(2)8-15-18-9-14(13(3)4)6-7-23(18,5)28-22-17(11-25)20(26)16(10-24)21(27)19(15)22/h6-7,10-15,18,26-27H,8-9H2,1-5H3/t14?,15-,18-,23-/m1/s1. The average molecular weight is 386 g/mol. The monoisotopic (exact) mass is 386 g/mol. The summed E-state index contributed by atoms with van der Waals surface area (Å²) in [6.07, 6.45) is 6.83. The van der Waals surface area contributed by atoms with Gasteiger partial charge in [0, 0.05) is 11.5 Å². The van der Waals surface area contributed by atoms with Crippen LogP contribution in [0, 0.1) is 23.7 Å². The van der Waals surface area contributed by atoms with E-state index in [9.17, 15) is 19.8 Å². The van der Waals surface area contributed by atoms with Gasteiger partial charge in [-0.15, -0.1) is 0 Å². The molecule has 0 aromatic heterocycles. The Morgan fingerprint density at radius 1 is 1.14 bits per heavy atom. The summed E-state index contributed by atoms with van der Waals surface area (Å²) in [4.78, 5) is 23.3. The lowest BCUT2D eigenvalue weighted by Crippen LogP contribution is -2.49. The predicted octanol–water partition coefficient (Wildman–Crippen LogP) is 4.85. The Morgan fingerprint density at radius 3 is 2.32 bits per heavy atom. The van der Waals surface area contributed by atoms with Gasteiger partial charge >= 0.3 is 0 Å².